The summed E-state index contributed by atoms with van der Waals surface area (Å²) in [6.07, 6.45) is 2.41. The van der Waals surface area contributed by atoms with Crippen molar-refractivity contribution in [1.29, 1.82) is 0 Å². The lowest BCUT2D eigenvalue weighted by atomic mass is 9.86. The van der Waals surface area contributed by atoms with Crippen LogP contribution in [-0.4, -0.2) is 50.8 Å². The molecule has 0 aliphatic carbocycles. The van der Waals surface area contributed by atoms with E-state index in [1.165, 1.54) is 12.8 Å². The highest BCUT2D eigenvalue weighted by Gasteiger charge is 2.28. The number of rotatable bonds is 8. The topological polar surface area (TPSA) is 24.5 Å². The minimum Gasteiger partial charge on any atom is -0.380 e. The van der Waals surface area contributed by atoms with Crippen LogP contribution in [-0.2, 0) is 4.74 Å². The fraction of sp³-hybridized carbons (Fsp3) is 1.00. The Morgan fingerprint density at radius 2 is 2.17 bits per heavy atom. The van der Waals surface area contributed by atoms with Crippen LogP contribution in [0.5, 0.6) is 0 Å². The van der Waals surface area contributed by atoms with Crippen LogP contribution in [0, 0.1) is 11.3 Å². The number of hydrogen-bond donors (Lipinski definition) is 1. The minimum absolute atomic E-state index is 0.367. The molecule has 1 saturated heterocycles. The molecule has 1 rings (SSSR count). The van der Waals surface area contributed by atoms with Crippen LogP contribution in [0.4, 0.5) is 0 Å². The van der Waals surface area contributed by atoms with Crippen LogP contribution in [0.1, 0.15) is 40.5 Å². The molecule has 18 heavy (non-hydrogen) atoms. The van der Waals surface area contributed by atoms with Gasteiger partial charge in [-0.1, -0.05) is 27.7 Å². The van der Waals surface area contributed by atoms with Gasteiger partial charge in [-0.15, -0.1) is 0 Å². The Bertz CT molecular complexity index is 227. The predicted octanol–water partition coefficient (Wildman–Crippen LogP) is 2.37. The Balaban J connectivity index is 2.37. The number of nitrogens with zero attached hydrogens (tertiary/aromatic N) is 1. The fourth-order valence-corrected chi connectivity index (χ4v) is 2.56. The fourth-order valence-electron chi connectivity index (χ4n) is 2.56. The van der Waals surface area contributed by atoms with E-state index in [9.17, 15) is 0 Å². The summed E-state index contributed by atoms with van der Waals surface area (Å²) in [4.78, 5) is 2.49. The molecule has 0 saturated carbocycles. The third kappa shape index (κ3) is 5.25. The van der Waals surface area contributed by atoms with Crippen LogP contribution in [0.2, 0.25) is 0 Å². The van der Waals surface area contributed by atoms with Crippen molar-refractivity contribution in [3.05, 3.63) is 0 Å². The normalized spacial score (nSPS) is 23.8. The molecule has 3 nitrogen and oxygen atoms in total. The summed E-state index contributed by atoms with van der Waals surface area (Å²) in [5.41, 5.74) is 0.367. The number of ether oxygens (including phenoxy) is 1. The Hall–Kier alpha value is -0.120. The van der Waals surface area contributed by atoms with Gasteiger partial charge in [-0.05, 0) is 37.8 Å². The monoisotopic (exact) mass is 256 g/mol. The number of likely N-dealkylation sites (N-methyl/N-ethyl adjacent to an activating group) is 1. The van der Waals surface area contributed by atoms with Crippen molar-refractivity contribution in [2.45, 2.75) is 46.6 Å². The average molecular weight is 256 g/mol. The van der Waals surface area contributed by atoms with Gasteiger partial charge in [-0.3, -0.25) is 0 Å². The zero-order chi connectivity index (χ0) is 13.6. The molecule has 1 fully saturated rings. The Kier molecular flexibility index (Phi) is 6.61. The molecule has 2 atom stereocenters. The third-order valence-corrected chi connectivity index (χ3v) is 4.12. The van der Waals surface area contributed by atoms with E-state index in [0.29, 0.717) is 11.5 Å². The van der Waals surface area contributed by atoms with E-state index in [2.05, 4.69) is 45.0 Å². The third-order valence-electron chi connectivity index (χ3n) is 4.12. The highest BCUT2D eigenvalue weighted by Crippen LogP contribution is 2.23. The molecule has 0 bridgehead atoms. The molecule has 3 heteroatoms. The first kappa shape index (κ1) is 15.9. The summed E-state index contributed by atoms with van der Waals surface area (Å²) in [6.45, 7) is 14.5. The summed E-state index contributed by atoms with van der Waals surface area (Å²) in [7, 11) is 2.25. The van der Waals surface area contributed by atoms with E-state index < -0.39 is 0 Å². The van der Waals surface area contributed by atoms with Gasteiger partial charge in [0.05, 0.1) is 6.61 Å². The quantitative estimate of drug-likeness (QED) is 0.721. The molecular weight excluding hydrogens is 224 g/mol. The molecule has 0 aromatic carbocycles. The first-order chi connectivity index (χ1) is 8.47. The van der Waals surface area contributed by atoms with Crippen molar-refractivity contribution >= 4 is 0 Å². The van der Waals surface area contributed by atoms with Crippen LogP contribution in [0.25, 0.3) is 0 Å². The van der Waals surface area contributed by atoms with Gasteiger partial charge in [0.2, 0.25) is 0 Å². The second-order valence-corrected chi connectivity index (χ2v) is 6.62. The largest absolute Gasteiger partial charge is 0.380 e. The SMILES string of the molecule is CCC(C)(CNCC(C)C)CN(C)C1CCOC1. The molecule has 0 aromatic rings. The molecule has 1 aliphatic rings. The lowest BCUT2D eigenvalue weighted by Crippen LogP contribution is -2.45. The first-order valence-corrected chi connectivity index (χ1v) is 7.45. The highest BCUT2D eigenvalue weighted by molar-refractivity contribution is 4.83. The van der Waals surface area contributed by atoms with Crippen molar-refractivity contribution < 1.29 is 4.74 Å². The van der Waals surface area contributed by atoms with Crippen molar-refractivity contribution in [3.8, 4) is 0 Å². The average Bonchev–Trinajstić information content (AvgIpc) is 2.82. The Morgan fingerprint density at radius 1 is 1.44 bits per heavy atom. The molecule has 108 valence electrons. The Labute approximate surface area is 113 Å². The lowest BCUT2D eigenvalue weighted by molar-refractivity contribution is 0.118. The van der Waals surface area contributed by atoms with Gasteiger partial charge in [0.1, 0.15) is 0 Å². The Morgan fingerprint density at radius 3 is 2.67 bits per heavy atom. The summed E-state index contributed by atoms with van der Waals surface area (Å²) >= 11 is 0. The molecule has 0 spiro atoms. The predicted molar refractivity (Wildman–Crippen MR) is 78.0 cm³/mol. The zero-order valence-electron chi connectivity index (χ0n) is 13.0. The maximum absolute atomic E-state index is 5.48. The second-order valence-electron chi connectivity index (χ2n) is 6.62. The van der Waals surface area contributed by atoms with E-state index in [-0.39, 0.29) is 0 Å². The molecule has 1 heterocycles. The van der Waals surface area contributed by atoms with Crippen molar-refractivity contribution in [1.82, 2.24) is 10.2 Å². The van der Waals surface area contributed by atoms with Crippen molar-refractivity contribution in [2.24, 2.45) is 11.3 Å². The smallest absolute Gasteiger partial charge is 0.0622 e. The van der Waals surface area contributed by atoms with E-state index in [1.807, 2.05) is 0 Å². The van der Waals surface area contributed by atoms with Gasteiger partial charge >= 0.3 is 0 Å². The summed E-state index contributed by atoms with van der Waals surface area (Å²) in [5, 5.41) is 3.61. The van der Waals surface area contributed by atoms with E-state index in [1.54, 1.807) is 0 Å². The van der Waals surface area contributed by atoms with Crippen LogP contribution in [0.3, 0.4) is 0 Å². The first-order valence-electron chi connectivity index (χ1n) is 7.45. The molecule has 1 N–H and O–H groups in total. The molecule has 0 radical (unpaired) electrons. The molecule has 2 unspecified atom stereocenters. The lowest BCUT2D eigenvalue weighted by Gasteiger charge is -2.36. The van der Waals surface area contributed by atoms with Crippen molar-refractivity contribution in [2.75, 3.05) is 39.9 Å². The zero-order valence-corrected chi connectivity index (χ0v) is 13.0. The van der Waals surface area contributed by atoms with Crippen LogP contribution < -0.4 is 5.32 Å². The van der Waals surface area contributed by atoms with Gasteiger partial charge in [0, 0.05) is 25.7 Å². The number of hydrogen-bond acceptors (Lipinski definition) is 3. The molecule has 0 amide bonds. The van der Waals surface area contributed by atoms with Crippen molar-refractivity contribution in [3.63, 3.8) is 0 Å². The van der Waals surface area contributed by atoms with E-state index in [4.69, 9.17) is 4.74 Å². The maximum atomic E-state index is 5.48. The van der Waals surface area contributed by atoms with E-state index in [0.717, 1.165) is 38.8 Å². The standard InChI is InChI=1S/C15H32N2O/c1-6-15(4,11-16-9-13(2)3)12-17(5)14-7-8-18-10-14/h13-14,16H,6-12H2,1-5H3. The maximum Gasteiger partial charge on any atom is 0.0622 e. The second kappa shape index (κ2) is 7.46. The van der Waals surface area contributed by atoms with Crippen LogP contribution in [0.15, 0.2) is 0 Å². The number of nitrogens with one attached hydrogen (secondary N) is 1. The van der Waals surface area contributed by atoms with Gasteiger partial charge in [0.15, 0.2) is 0 Å². The summed E-state index contributed by atoms with van der Waals surface area (Å²) in [6, 6.07) is 0.626. The van der Waals surface area contributed by atoms with Gasteiger partial charge in [-0.25, -0.2) is 0 Å². The minimum atomic E-state index is 0.367. The summed E-state index contributed by atoms with van der Waals surface area (Å²) in [5.74, 6) is 0.729. The van der Waals surface area contributed by atoms with Gasteiger partial charge in [-0.2, -0.15) is 0 Å². The van der Waals surface area contributed by atoms with Gasteiger partial charge < -0.3 is 15.0 Å². The van der Waals surface area contributed by atoms with Gasteiger partial charge in [0.25, 0.3) is 0 Å². The molecular formula is C15H32N2O. The van der Waals surface area contributed by atoms with E-state index >= 15 is 0 Å². The highest BCUT2D eigenvalue weighted by atomic mass is 16.5. The summed E-state index contributed by atoms with van der Waals surface area (Å²) < 4.78 is 5.48. The molecule has 1 aliphatic heterocycles. The van der Waals surface area contributed by atoms with Crippen LogP contribution >= 0.6 is 0 Å². The molecule has 0 aromatic heterocycles.